The Morgan fingerprint density at radius 3 is 2.03 bits per heavy atom. The van der Waals surface area contributed by atoms with Crippen LogP contribution in [0.3, 0.4) is 0 Å². The summed E-state index contributed by atoms with van der Waals surface area (Å²) >= 11 is 0. The fourth-order valence-corrected chi connectivity index (χ4v) is 3.49. The number of terminal acetylenes is 1. The smallest absolute Gasteiger partial charge is 0.408 e. The molecule has 1 aromatic rings. The number of hydrogen-bond acceptors (Lipinski definition) is 5. The van der Waals surface area contributed by atoms with Crippen molar-refractivity contribution in [1.82, 2.24) is 15.5 Å². The number of ether oxygens (including phenoxy) is 1. The van der Waals surface area contributed by atoms with Crippen LogP contribution in [0.2, 0.25) is 0 Å². The number of nitrogens with zero attached hydrogens (tertiary/aromatic N) is 1. The molecule has 36 heavy (non-hydrogen) atoms. The Balaban J connectivity index is 3.52. The fourth-order valence-electron chi connectivity index (χ4n) is 3.49. The van der Waals surface area contributed by atoms with Crippen molar-refractivity contribution in [2.45, 2.75) is 97.5 Å². The van der Waals surface area contributed by atoms with Gasteiger partial charge in [0.15, 0.2) is 0 Å². The summed E-state index contributed by atoms with van der Waals surface area (Å²) in [6, 6.07) is 4.16. The molecule has 1 aromatic carbocycles. The third kappa shape index (κ3) is 9.98. The standard InChI is InChI=1S/C27H40N4O5/c1-10-18-11-13-19(14-12-18)22(23(33)30-26(4,5)6)31(17(2)3)24(34)20(15-16-21(28)32)29-25(35)36-27(7,8)9/h1,11-14,17,20,22H,15-16H2,2-9H3,(H2,28,32)(H,29,35)(H,30,33). The van der Waals surface area contributed by atoms with E-state index in [4.69, 9.17) is 16.9 Å². The number of carbonyl (C=O) groups is 4. The van der Waals surface area contributed by atoms with Gasteiger partial charge in [-0.05, 0) is 79.5 Å². The van der Waals surface area contributed by atoms with Gasteiger partial charge in [0.2, 0.25) is 17.7 Å². The quantitative estimate of drug-likeness (QED) is 0.449. The second kappa shape index (κ2) is 12.4. The minimum absolute atomic E-state index is 0.0553. The van der Waals surface area contributed by atoms with Crippen molar-refractivity contribution in [1.29, 1.82) is 0 Å². The summed E-state index contributed by atoms with van der Waals surface area (Å²) in [7, 11) is 0. The maximum Gasteiger partial charge on any atom is 0.408 e. The Morgan fingerprint density at radius 1 is 1.06 bits per heavy atom. The van der Waals surface area contributed by atoms with Crippen LogP contribution in [0.25, 0.3) is 0 Å². The second-order valence-electron chi connectivity index (χ2n) is 11.0. The first-order valence-electron chi connectivity index (χ1n) is 11.9. The molecule has 1 rings (SSSR count). The average molecular weight is 501 g/mol. The first-order valence-corrected chi connectivity index (χ1v) is 11.9. The molecular weight excluding hydrogens is 460 g/mol. The largest absolute Gasteiger partial charge is 0.444 e. The molecule has 0 aliphatic heterocycles. The molecule has 0 radical (unpaired) electrons. The summed E-state index contributed by atoms with van der Waals surface area (Å²) in [5.74, 6) is 0.963. The van der Waals surface area contributed by atoms with E-state index in [-0.39, 0.29) is 12.8 Å². The van der Waals surface area contributed by atoms with Gasteiger partial charge in [-0.1, -0.05) is 18.1 Å². The van der Waals surface area contributed by atoms with Gasteiger partial charge in [0.1, 0.15) is 17.7 Å². The summed E-state index contributed by atoms with van der Waals surface area (Å²) in [5, 5.41) is 5.50. The lowest BCUT2D eigenvalue weighted by molar-refractivity contribution is -0.145. The zero-order chi connectivity index (χ0) is 27.8. The van der Waals surface area contributed by atoms with Gasteiger partial charge in [-0.25, -0.2) is 4.79 Å². The number of hydrogen-bond donors (Lipinski definition) is 3. The SMILES string of the molecule is C#Cc1ccc(C(C(=O)NC(C)(C)C)N(C(=O)C(CCC(N)=O)NC(=O)OC(C)(C)C)C(C)C)cc1. The molecule has 0 bridgehead atoms. The molecular formula is C27H40N4O5. The normalized spacial score (nSPS) is 13.2. The van der Waals surface area contributed by atoms with Gasteiger partial charge >= 0.3 is 6.09 Å². The van der Waals surface area contributed by atoms with Crippen LogP contribution >= 0.6 is 0 Å². The van der Waals surface area contributed by atoms with E-state index in [0.717, 1.165) is 0 Å². The lowest BCUT2D eigenvalue weighted by Gasteiger charge is -2.38. The van der Waals surface area contributed by atoms with Crippen LogP contribution in [0.4, 0.5) is 4.79 Å². The highest BCUT2D eigenvalue weighted by atomic mass is 16.6. The number of amides is 4. The number of alkyl carbamates (subject to hydrolysis) is 1. The van der Waals surface area contributed by atoms with Crippen molar-refractivity contribution < 1.29 is 23.9 Å². The van der Waals surface area contributed by atoms with Gasteiger partial charge in [-0.2, -0.15) is 0 Å². The molecule has 2 unspecified atom stereocenters. The molecule has 0 heterocycles. The van der Waals surface area contributed by atoms with Gasteiger partial charge < -0.3 is 26.0 Å². The predicted molar refractivity (Wildman–Crippen MR) is 139 cm³/mol. The molecule has 0 saturated heterocycles. The van der Waals surface area contributed by atoms with Crippen LogP contribution < -0.4 is 16.4 Å². The summed E-state index contributed by atoms with van der Waals surface area (Å²) in [6.07, 6.45) is 4.46. The maximum atomic E-state index is 13.9. The van der Waals surface area contributed by atoms with Crippen LogP contribution in [0.15, 0.2) is 24.3 Å². The van der Waals surface area contributed by atoms with E-state index in [1.165, 1.54) is 4.90 Å². The number of nitrogens with one attached hydrogen (secondary N) is 2. The highest BCUT2D eigenvalue weighted by Crippen LogP contribution is 2.27. The number of rotatable bonds is 9. The lowest BCUT2D eigenvalue weighted by Crippen LogP contribution is -2.56. The highest BCUT2D eigenvalue weighted by Gasteiger charge is 2.38. The summed E-state index contributed by atoms with van der Waals surface area (Å²) < 4.78 is 5.31. The molecule has 0 aliphatic carbocycles. The highest BCUT2D eigenvalue weighted by molar-refractivity contribution is 5.93. The van der Waals surface area contributed by atoms with Crippen molar-refractivity contribution in [3.05, 3.63) is 35.4 Å². The minimum Gasteiger partial charge on any atom is -0.444 e. The van der Waals surface area contributed by atoms with Crippen LogP contribution in [-0.4, -0.2) is 51.9 Å². The van der Waals surface area contributed by atoms with Gasteiger partial charge in [0, 0.05) is 23.6 Å². The Morgan fingerprint density at radius 2 is 1.61 bits per heavy atom. The molecule has 2 atom stereocenters. The Kier molecular flexibility index (Phi) is 10.5. The third-order valence-electron chi connectivity index (χ3n) is 4.90. The molecule has 0 aliphatic rings. The Hall–Kier alpha value is -3.54. The number of benzene rings is 1. The fraction of sp³-hybridized carbons (Fsp3) is 0.556. The molecule has 0 saturated carbocycles. The zero-order valence-corrected chi connectivity index (χ0v) is 22.6. The molecule has 4 N–H and O–H groups in total. The molecule has 9 heteroatoms. The predicted octanol–water partition coefficient (Wildman–Crippen LogP) is 3.02. The van der Waals surface area contributed by atoms with E-state index in [9.17, 15) is 19.2 Å². The van der Waals surface area contributed by atoms with Crippen molar-refractivity contribution in [3.63, 3.8) is 0 Å². The monoisotopic (exact) mass is 500 g/mol. The summed E-state index contributed by atoms with van der Waals surface area (Å²) in [6.45, 7) is 14.1. The number of carbonyl (C=O) groups excluding carboxylic acids is 4. The third-order valence-corrected chi connectivity index (χ3v) is 4.90. The van der Waals surface area contributed by atoms with Crippen LogP contribution in [-0.2, 0) is 19.1 Å². The molecule has 0 fully saturated rings. The van der Waals surface area contributed by atoms with Crippen molar-refractivity contribution in [2.24, 2.45) is 5.73 Å². The first kappa shape index (κ1) is 30.5. The van der Waals surface area contributed by atoms with Crippen molar-refractivity contribution in [3.8, 4) is 12.3 Å². The van der Waals surface area contributed by atoms with Gasteiger partial charge in [-0.3, -0.25) is 14.4 Å². The number of nitrogens with two attached hydrogens (primary N) is 1. The van der Waals surface area contributed by atoms with Crippen molar-refractivity contribution >= 4 is 23.8 Å². The van der Waals surface area contributed by atoms with E-state index in [0.29, 0.717) is 11.1 Å². The summed E-state index contributed by atoms with van der Waals surface area (Å²) in [5.41, 5.74) is 5.12. The molecule has 4 amide bonds. The minimum atomic E-state index is -1.15. The van der Waals surface area contributed by atoms with Gasteiger partial charge in [0.25, 0.3) is 0 Å². The van der Waals surface area contributed by atoms with Crippen molar-refractivity contribution in [2.75, 3.05) is 0 Å². The first-order chi connectivity index (χ1) is 16.4. The second-order valence-corrected chi connectivity index (χ2v) is 11.0. The zero-order valence-electron chi connectivity index (χ0n) is 22.6. The van der Waals surface area contributed by atoms with E-state index in [1.807, 2.05) is 20.8 Å². The van der Waals surface area contributed by atoms with E-state index < -0.39 is 53.1 Å². The van der Waals surface area contributed by atoms with Gasteiger partial charge in [-0.15, -0.1) is 6.42 Å². The molecule has 0 spiro atoms. The van der Waals surface area contributed by atoms with Crippen LogP contribution in [0, 0.1) is 12.3 Å². The van der Waals surface area contributed by atoms with Crippen LogP contribution in [0.5, 0.6) is 0 Å². The topological polar surface area (TPSA) is 131 Å². The average Bonchev–Trinajstić information content (AvgIpc) is 2.71. The molecule has 198 valence electrons. The van der Waals surface area contributed by atoms with E-state index in [2.05, 4.69) is 16.6 Å². The molecule has 9 nitrogen and oxygen atoms in total. The van der Waals surface area contributed by atoms with Crippen LogP contribution in [0.1, 0.15) is 85.4 Å². The maximum absolute atomic E-state index is 13.9. The summed E-state index contributed by atoms with van der Waals surface area (Å²) in [4.78, 5) is 52.8. The Labute approximate surface area is 214 Å². The number of primary amides is 1. The van der Waals surface area contributed by atoms with Gasteiger partial charge in [0.05, 0.1) is 0 Å². The molecule has 0 aromatic heterocycles. The van der Waals surface area contributed by atoms with E-state index >= 15 is 0 Å². The van der Waals surface area contributed by atoms with E-state index in [1.54, 1.807) is 58.9 Å². The Bertz CT molecular complexity index is 981. The lowest BCUT2D eigenvalue weighted by atomic mass is 9.97.